The van der Waals surface area contributed by atoms with Gasteiger partial charge in [0.25, 0.3) is 0 Å². The molecule has 5 heterocycles. The van der Waals surface area contributed by atoms with Gasteiger partial charge in [0.2, 0.25) is 5.91 Å². The predicted octanol–water partition coefficient (Wildman–Crippen LogP) is 3.21. The zero-order valence-electron chi connectivity index (χ0n) is 20.2. The van der Waals surface area contributed by atoms with Gasteiger partial charge in [-0.2, -0.15) is 14.9 Å². The lowest BCUT2D eigenvalue weighted by Gasteiger charge is -2.24. The van der Waals surface area contributed by atoms with E-state index in [4.69, 9.17) is 9.84 Å². The Balaban J connectivity index is 1.26. The minimum Gasteiger partial charge on any atom is -0.492 e. The molecule has 1 aliphatic heterocycles. The second-order valence-electron chi connectivity index (χ2n) is 8.93. The first-order valence-electron chi connectivity index (χ1n) is 11.8. The molecule has 2 N–H and O–H groups in total. The molecule has 1 aliphatic rings. The number of nitrogens with zero attached hydrogens (tertiary/aromatic N) is 7. The first-order chi connectivity index (χ1) is 17.5. The normalized spacial score (nSPS) is 15.2. The zero-order valence-corrected chi connectivity index (χ0v) is 20.2. The van der Waals surface area contributed by atoms with Crippen molar-refractivity contribution in [1.82, 2.24) is 39.5 Å². The molecule has 11 heteroatoms. The van der Waals surface area contributed by atoms with Crippen molar-refractivity contribution in [3.8, 4) is 11.6 Å². The fourth-order valence-corrected chi connectivity index (χ4v) is 4.85. The number of carbonyl (C=O) groups is 1. The van der Waals surface area contributed by atoms with Crippen molar-refractivity contribution in [3.63, 3.8) is 0 Å². The molecule has 0 spiro atoms. The van der Waals surface area contributed by atoms with Gasteiger partial charge in [-0.15, -0.1) is 0 Å². The summed E-state index contributed by atoms with van der Waals surface area (Å²) in [4.78, 5) is 28.6. The Morgan fingerprint density at radius 1 is 1.08 bits per heavy atom. The van der Waals surface area contributed by atoms with Gasteiger partial charge in [-0.3, -0.25) is 9.48 Å². The average Bonchev–Trinajstić information content (AvgIpc) is 3.56. The quantitative estimate of drug-likeness (QED) is 0.379. The van der Waals surface area contributed by atoms with Crippen LogP contribution in [0.15, 0.2) is 43.0 Å². The number of ether oxygens (including phenoxy) is 1. The molecule has 6 rings (SSSR count). The van der Waals surface area contributed by atoms with E-state index in [-0.39, 0.29) is 11.8 Å². The monoisotopic (exact) mass is 483 g/mol. The zero-order chi connectivity index (χ0) is 24.8. The molecule has 1 aromatic carbocycles. The largest absolute Gasteiger partial charge is 0.492 e. The highest BCUT2D eigenvalue weighted by molar-refractivity contribution is 5.95. The van der Waals surface area contributed by atoms with Crippen LogP contribution < -0.4 is 10.1 Å². The van der Waals surface area contributed by atoms with Crippen LogP contribution in [0.1, 0.15) is 40.5 Å². The number of imidazole rings is 1. The van der Waals surface area contributed by atoms with Crippen LogP contribution in [0.3, 0.4) is 0 Å². The molecule has 182 valence electrons. The van der Waals surface area contributed by atoms with E-state index in [9.17, 15) is 4.79 Å². The highest BCUT2D eigenvalue weighted by atomic mass is 16.5. The van der Waals surface area contributed by atoms with Crippen molar-refractivity contribution >= 4 is 22.9 Å². The highest BCUT2D eigenvalue weighted by Crippen LogP contribution is 2.40. The van der Waals surface area contributed by atoms with Gasteiger partial charge < -0.3 is 15.0 Å². The molecule has 0 saturated carbocycles. The number of hydrogen-bond acceptors (Lipinski definition) is 7. The molecule has 1 atom stereocenters. The van der Waals surface area contributed by atoms with Gasteiger partial charge >= 0.3 is 0 Å². The molecule has 4 aromatic heterocycles. The van der Waals surface area contributed by atoms with Crippen LogP contribution in [0.5, 0.6) is 5.75 Å². The lowest BCUT2D eigenvalue weighted by molar-refractivity contribution is -0.116. The number of amides is 1. The standard InChI is InChI=1S/C25H25N9O2/c1-14-10-15(2)33(31-14)8-9-36-18-6-4-17(5-7-18)19-11-20(35)30-24-21(19)16(3)32-34(24)25-22-23(27-12-26-22)28-13-29-25/h4-7,10,12-13,19H,8-9,11H2,1-3H3,(H,30,35)(H,26,27,28,29)/t19-/m0/s1. The third-order valence-electron chi connectivity index (χ3n) is 6.46. The number of H-pyrrole nitrogens is 1. The number of benzene rings is 1. The van der Waals surface area contributed by atoms with Crippen LogP contribution in [-0.4, -0.2) is 52.0 Å². The van der Waals surface area contributed by atoms with Gasteiger partial charge in [0.05, 0.1) is 24.3 Å². The third-order valence-corrected chi connectivity index (χ3v) is 6.46. The van der Waals surface area contributed by atoms with E-state index in [1.165, 1.54) is 6.33 Å². The van der Waals surface area contributed by atoms with Crippen LogP contribution in [0.2, 0.25) is 0 Å². The van der Waals surface area contributed by atoms with E-state index in [1.54, 1.807) is 11.0 Å². The van der Waals surface area contributed by atoms with E-state index in [2.05, 4.69) is 36.4 Å². The number of aryl methyl sites for hydroxylation is 3. The van der Waals surface area contributed by atoms with Gasteiger partial charge in [-0.05, 0) is 44.5 Å². The van der Waals surface area contributed by atoms with E-state index in [0.717, 1.165) is 34.0 Å². The summed E-state index contributed by atoms with van der Waals surface area (Å²) in [5.41, 5.74) is 6.12. The maximum atomic E-state index is 12.8. The molecule has 36 heavy (non-hydrogen) atoms. The van der Waals surface area contributed by atoms with Crippen LogP contribution in [0, 0.1) is 20.8 Å². The summed E-state index contributed by atoms with van der Waals surface area (Å²) in [5, 5.41) is 12.2. The minimum absolute atomic E-state index is 0.0752. The van der Waals surface area contributed by atoms with Gasteiger partial charge in [-0.1, -0.05) is 12.1 Å². The van der Waals surface area contributed by atoms with Crippen molar-refractivity contribution in [2.45, 2.75) is 39.7 Å². The molecule has 5 aromatic rings. The minimum atomic E-state index is -0.134. The average molecular weight is 484 g/mol. The topological polar surface area (TPSA) is 128 Å². The fourth-order valence-electron chi connectivity index (χ4n) is 4.85. The van der Waals surface area contributed by atoms with Gasteiger partial charge in [-0.25, -0.2) is 15.0 Å². The summed E-state index contributed by atoms with van der Waals surface area (Å²) in [6, 6.07) is 9.97. The summed E-state index contributed by atoms with van der Waals surface area (Å²) >= 11 is 0. The molecule has 1 amide bonds. The highest BCUT2D eigenvalue weighted by Gasteiger charge is 2.33. The number of rotatable bonds is 6. The van der Waals surface area contributed by atoms with Crippen LogP contribution in [0.4, 0.5) is 5.82 Å². The van der Waals surface area contributed by atoms with Crippen molar-refractivity contribution in [2.24, 2.45) is 0 Å². The number of hydrogen-bond donors (Lipinski definition) is 2. The van der Waals surface area contributed by atoms with Crippen LogP contribution >= 0.6 is 0 Å². The Morgan fingerprint density at radius 3 is 2.69 bits per heavy atom. The Morgan fingerprint density at radius 2 is 1.92 bits per heavy atom. The first-order valence-corrected chi connectivity index (χ1v) is 11.8. The second kappa shape index (κ2) is 8.59. The van der Waals surface area contributed by atoms with Crippen molar-refractivity contribution in [2.75, 3.05) is 11.9 Å². The van der Waals surface area contributed by atoms with Crippen molar-refractivity contribution in [1.29, 1.82) is 0 Å². The maximum absolute atomic E-state index is 12.8. The molecule has 0 aliphatic carbocycles. The molecule has 0 radical (unpaired) electrons. The van der Waals surface area contributed by atoms with E-state index in [1.807, 2.05) is 49.7 Å². The molecule has 0 bridgehead atoms. The summed E-state index contributed by atoms with van der Waals surface area (Å²) in [7, 11) is 0. The molecular formula is C25H25N9O2. The molecule has 0 fully saturated rings. The number of anilines is 1. The summed E-state index contributed by atoms with van der Waals surface area (Å²) in [6.07, 6.45) is 3.34. The Kier molecular flexibility index (Phi) is 5.24. The molecular weight excluding hydrogens is 458 g/mol. The summed E-state index contributed by atoms with van der Waals surface area (Å²) < 4.78 is 9.55. The lowest BCUT2D eigenvalue weighted by atomic mass is 9.86. The molecule has 11 nitrogen and oxygen atoms in total. The summed E-state index contributed by atoms with van der Waals surface area (Å²) in [6.45, 7) is 7.16. The maximum Gasteiger partial charge on any atom is 0.226 e. The van der Waals surface area contributed by atoms with E-state index >= 15 is 0 Å². The number of aromatic amines is 1. The van der Waals surface area contributed by atoms with Crippen LogP contribution in [0.25, 0.3) is 17.0 Å². The van der Waals surface area contributed by atoms with Gasteiger partial charge in [0.1, 0.15) is 30.0 Å². The first kappa shape index (κ1) is 22.0. The fraction of sp³-hybridized carbons (Fsp3) is 0.280. The Bertz CT molecular complexity index is 1580. The SMILES string of the molecule is Cc1cc(C)n(CCOc2ccc([C@@H]3CC(=O)Nc4c3c(C)nn4-c3ncnc4nc[nH]c34)cc2)n1. The molecule has 0 saturated heterocycles. The number of carbonyl (C=O) groups excluding carboxylic acids is 1. The van der Waals surface area contributed by atoms with Gasteiger partial charge in [0.15, 0.2) is 11.5 Å². The smallest absolute Gasteiger partial charge is 0.226 e. The third kappa shape index (κ3) is 3.78. The lowest BCUT2D eigenvalue weighted by Crippen LogP contribution is -2.25. The van der Waals surface area contributed by atoms with Crippen molar-refractivity contribution < 1.29 is 9.53 Å². The van der Waals surface area contributed by atoms with E-state index < -0.39 is 0 Å². The number of fused-ring (bicyclic) bond motifs is 2. The summed E-state index contributed by atoms with van der Waals surface area (Å²) in [5.74, 6) is 1.72. The Hall–Kier alpha value is -4.54. The van der Waals surface area contributed by atoms with E-state index in [0.29, 0.717) is 42.4 Å². The Labute approximate surface area is 206 Å². The van der Waals surface area contributed by atoms with Crippen molar-refractivity contribution in [3.05, 3.63) is 71.2 Å². The molecule has 0 unspecified atom stereocenters. The number of aromatic nitrogens is 8. The van der Waals surface area contributed by atoms with Gasteiger partial charge in [0, 0.05) is 23.6 Å². The second-order valence-corrected chi connectivity index (χ2v) is 8.93. The number of nitrogens with one attached hydrogen (secondary N) is 2. The van der Waals surface area contributed by atoms with Crippen LogP contribution in [-0.2, 0) is 11.3 Å². The predicted molar refractivity (Wildman–Crippen MR) is 132 cm³/mol.